The summed E-state index contributed by atoms with van der Waals surface area (Å²) in [5, 5.41) is 0. The molecule has 31 heavy (non-hydrogen) atoms. The Hall–Kier alpha value is -3.41. The number of pyridine rings is 1. The van der Waals surface area contributed by atoms with Crippen LogP contribution in [0.25, 0.3) is 0 Å². The number of hydrogen-bond acceptors (Lipinski definition) is 4. The third-order valence-electron chi connectivity index (χ3n) is 5.27. The topological polar surface area (TPSA) is 51.7 Å². The number of carbonyl (C=O) groups excluding carboxylic acids is 1. The van der Waals surface area contributed by atoms with Gasteiger partial charge >= 0.3 is 0 Å². The molecule has 1 saturated heterocycles. The van der Waals surface area contributed by atoms with Crippen LogP contribution < -0.4 is 9.47 Å². The van der Waals surface area contributed by atoms with E-state index in [1.807, 2.05) is 53.4 Å². The molecule has 0 N–H and O–H groups in total. The minimum Gasteiger partial charge on any atom is -0.490 e. The van der Waals surface area contributed by atoms with Crippen LogP contribution in [0.3, 0.4) is 0 Å². The summed E-state index contributed by atoms with van der Waals surface area (Å²) >= 11 is 0. The Bertz CT molecular complexity index is 987. The summed E-state index contributed by atoms with van der Waals surface area (Å²) in [6.07, 6.45) is 3.72. The summed E-state index contributed by atoms with van der Waals surface area (Å²) < 4.78 is 25.0. The smallest absolute Gasteiger partial charge is 0.228 e. The van der Waals surface area contributed by atoms with Gasteiger partial charge in [-0.15, -0.1) is 0 Å². The first-order valence-corrected chi connectivity index (χ1v) is 10.5. The number of halogens is 1. The number of hydrogen-bond donors (Lipinski definition) is 0. The van der Waals surface area contributed by atoms with Gasteiger partial charge in [-0.25, -0.2) is 4.39 Å². The van der Waals surface area contributed by atoms with Gasteiger partial charge in [-0.2, -0.15) is 0 Å². The van der Waals surface area contributed by atoms with Crippen LogP contribution in [0.5, 0.6) is 11.5 Å². The monoisotopic (exact) mass is 420 g/mol. The van der Waals surface area contributed by atoms with Gasteiger partial charge in [-0.1, -0.05) is 18.2 Å². The minimum absolute atomic E-state index is 0.0814. The summed E-state index contributed by atoms with van der Waals surface area (Å²) in [5.74, 6) is 1.31. The second kappa shape index (κ2) is 10.1. The van der Waals surface area contributed by atoms with Crippen LogP contribution in [0.15, 0.2) is 72.9 Å². The fraction of sp³-hybridized carbons (Fsp3) is 0.280. The minimum atomic E-state index is -0.269. The van der Waals surface area contributed by atoms with E-state index in [9.17, 15) is 9.18 Å². The Labute approximate surface area is 181 Å². The molecule has 4 rings (SSSR count). The third kappa shape index (κ3) is 6.04. The molecule has 1 aliphatic heterocycles. The summed E-state index contributed by atoms with van der Waals surface area (Å²) in [5.41, 5.74) is 1.58. The van der Waals surface area contributed by atoms with Crippen molar-refractivity contribution in [1.82, 2.24) is 9.88 Å². The fourth-order valence-corrected chi connectivity index (χ4v) is 3.59. The Morgan fingerprint density at radius 3 is 2.48 bits per heavy atom. The Balaban J connectivity index is 1.22. The average molecular weight is 420 g/mol. The number of rotatable bonds is 7. The molecule has 0 aliphatic carbocycles. The molecule has 0 atom stereocenters. The molecule has 1 fully saturated rings. The highest BCUT2D eigenvalue weighted by atomic mass is 19.1. The normalized spacial score (nSPS) is 14.3. The van der Waals surface area contributed by atoms with Gasteiger partial charge in [0.25, 0.3) is 0 Å². The van der Waals surface area contributed by atoms with Gasteiger partial charge in [0.05, 0.1) is 6.42 Å². The molecule has 0 saturated carbocycles. The first kappa shape index (κ1) is 20.8. The zero-order valence-corrected chi connectivity index (χ0v) is 17.2. The number of aromatic nitrogens is 1. The summed E-state index contributed by atoms with van der Waals surface area (Å²) in [6, 6.07) is 19.4. The lowest BCUT2D eigenvalue weighted by Crippen LogP contribution is -2.42. The number of benzene rings is 2. The van der Waals surface area contributed by atoms with Crippen molar-refractivity contribution in [3.05, 3.63) is 90.0 Å². The third-order valence-corrected chi connectivity index (χ3v) is 5.27. The Morgan fingerprint density at radius 2 is 1.77 bits per heavy atom. The molecule has 1 amide bonds. The predicted octanol–water partition coefficient (Wildman–Crippen LogP) is 4.41. The summed E-state index contributed by atoms with van der Waals surface area (Å²) in [4.78, 5) is 18.6. The SMILES string of the molecule is O=C(Cc1ccccn1)N1CCC(Oc2ccc(OCc3cccc(F)c3)cc2)CC1. The van der Waals surface area contributed by atoms with Gasteiger partial charge in [0.15, 0.2) is 0 Å². The van der Waals surface area contributed by atoms with E-state index < -0.39 is 0 Å². The molecular weight excluding hydrogens is 395 g/mol. The van der Waals surface area contributed by atoms with Crippen molar-refractivity contribution in [2.75, 3.05) is 13.1 Å². The fourth-order valence-electron chi connectivity index (χ4n) is 3.59. The van der Waals surface area contributed by atoms with Gasteiger partial charge < -0.3 is 14.4 Å². The predicted molar refractivity (Wildman–Crippen MR) is 115 cm³/mol. The van der Waals surface area contributed by atoms with Crippen LogP contribution in [0, 0.1) is 5.82 Å². The van der Waals surface area contributed by atoms with Gasteiger partial charge in [0.2, 0.25) is 5.91 Å². The molecule has 5 nitrogen and oxygen atoms in total. The van der Waals surface area contributed by atoms with Crippen LogP contribution >= 0.6 is 0 Å². The molecule has 2 heterocycles. The second-order valence-corrected chi connectivity index (χ2v) is 7.59. The molecule has 1 aliphatic rings. The lowest BCUT2D eigenvalue weighted by molar-refractivity contribution is -0.132. The van der Waals surface area contributed by atoms with Crippen molar-refractivity contribution in [2.24, 2.45) is 0 Å². The van der Waals surface area contributed by atoms with E-state index in [1.54, 1.807) is 12.3 Å². The molecule has 160 valence electrons. The Kier molecular flexibility index (Phi) is 6.77. The molecule has 0 bridgehead atoms. The van der Waals surface area contributed by atoms with E-state index in [0.717, 1.165) is 29.8 Å². The van der Waals surface area contributed by atoms with Gasteiger partial charge in [0, 0.05) is 37.8 Å². The van der Waals surface area contributed by atoms with Crippen LogP contribution in [-0.2, 0) is 17.8 Å². The number of nitrogens with zero attached hydrogens (tertiary/aromatic N) is 2. The van der Waals surface area contributed by atoms with Crippen LogP contribution in [0.4, 0.5) is 4.39 Å². The molecule has 2 aromatic carbocycles. The number of likely N-dealkylation sites (tertiary alicyclic amines) is 1. The molecular formula is C25H25FN2O3. The number of amides is 1. The molecule has 1 aromatic heterocycles. The number of ether oxygens (including phenoxy) is 2. The molecule has 3 aromatic rings. The molecule has 0 spiro atoms. The summed E-state index contributed by atoms with van der Waals surface area (Å²) in [6.45, 7) is 1.68. The second-order valence-electron chi connectivity index (χ2n) is 7.59. The zero-order chi connectivity index (χ0) is 21.5. The highest BCUT2D eigenvalue weighted by Gasteiger charge is 2.24. The maximum absolute atomic E-state index is 13.2. The lowest BCUT2D eigenvalue weighted by Gasteiger charge is -2.32. The van der Waals surface area contributed by atoms with Crippen LogP contribution in [0.2, 0.25) is 0 Å². The highest BCUT2D eigenvalue weighted by Crippen LogP contribution is 2.23. The van der Waals surface area contributed by atoms with E-state index in [2.05, 4.69) is 4.98 Å². The molecule has 0 unspecified atom stereocenters. The maximum Gasteiger partial charge on any atom is 0.228 e. The van der Waals surface area contributed by atoms with Crippen molar-refractivity contribution in [2.45, 2.75) is 32.0 Å². The van der Waals surface area contributed by atoms with Crippen molar-refractivity contribution < 1.29 is 18.7 Å². The number of carbonyl (C=O) groups is 1. The van der Waals surface area contributed by atoms with E-state index in [0.29, 0.717) is 31.9 Å². The molecule has 0 radical (unpaired) electrons. The van der Waals surface area contributed by atoms with Crippen LogP contribution in [0.1, 0.15) is 24.1 Å². The van der Waals surface area contributed by atoms with E-state index in [4.69, 9.17) is 9.47 Å². The van der Waals surface area contributed by atoms with Gasteiger partial charge in [0.1, 0.15) is 30.0 Å². The Morgan fingerprint density at radius 1 is 1.00 bits per heavy atom. The van der Waals surface area contributed by atoms with Crippen molar-refractivity contribution in [1.29, 1.82) is 0 Å². The molecule has 6 heteroatoms. The van der Waals surface area contributed by atoms with Crippen molar-refractivity contribution >= 4 is 5.91 Å². The average Bonchev–Trinajstić information content (AvgIpc) is 2.80. The van der Waals surface area contributed by atoms with E-state index >= 15 is 0 Å². The van der Waals surface area contributed by atoms with Crippen molar-refractivity contribution in [3.8, 4) is 11.5 Å². The summed E-state index contributed by atoms with van der Waals surface area (Å²) in [7, 11) is 0. The van der Waals surface area contributed by atoms with Crippen molar-refractivity contribution in [3.63, 3.8) is 0 Å². The zero-order valence-electron chi connectivity index (χ0n) is 17.2. The lowest BCUT2D eigenvalue weighted by atomic mass is 10.1. The van der Waals surface area contributed by atoms with E-state index in [1.165, 1.54) is 12.1 Å². The number of piperidine rings is 1. The first-order chi connectivity index (χ1) is 15.2. The van der Waals surface area contributed by atoms with Gasteiger partial charge in [-0.05, 0) is 54.1 Å². The largest absolute Gasteiger partial charge is 0.490 e. The highest BCUT2D eigenvalue weighted by molar-refractivity contribution is 5.78. The van der Waals surface area contributed by atoms with Crippen LogP contribution in [-0.4, -0.2) is 35.0 Å². The quantitative estimate of drug-likeness (QED) is 0.568. The van der Waals surface area contributed by atoms with E-state index in [-0.39, 0.29) is 17.8 Å². The first-order valence-electron chi connectivity index (χ1n) is 10.5. The maximum atomic E-state index is 13.2. The van der Waals surface area contributed by atoms with Gasteiger partial charge in [-0.3, -0.25) is 9.78 Å². The standard InChI is InChI=1S/C25H25FN2O3/c26-20-5-3-4-19(16-20)18-30-22-7-9-23(10-8-22)31-24-11-14-28(15-12-24)25(29)17-21-6-1-2-13-27-21/h1-10,13,16,24H,11-12,14-15,17-18H2.